The third kappa shape index (κ3) is 3.93. The van der Waals surface area contributed by atoms with Gasteiger partial charge in [0.2, 0.25) is 0 Å². The van der Waals surface area contributed by atoms with Crippen LogP contribution in [0.4, 0.5) is 0 Å². The maximum atomic E-state index is 12.8. The first kappa shape index (κ1) is 20.8. The van der Waals surface area contributed by atoms with Crippen molar-refractivity contribution in [3.8, 4) is 11.5 Å². The van der Waals surface area contributed by atoms with Gasteiger partial charge in [0, 0.05) is 10.7 Å². The highest BCUT2D eigenvalue weighted by Crippen LogP contribution is 2.46. The average molecular weight is 467 g/mol. The predicted molar refractivity (Wildman–Crippen MR) is 115 cm³/mol. The lowest BCUT2D eigenvalue weighted by atomic mass is 9.94. The number of allylic oxidation sites excluding steroid dienone is 1. The lowest BCUT2D eigenvalue weighted by molar-refractivity contribution is -0.139. The van der Waals surface area contributed by atoms with Crippen LogP contribution in [0.5, 0.6) is 11.5 Å². The predicted octanol–water partition coefficient (Wildman–Crippen LogP) is 5.01. The number of nitrogens with zero attached hydrogens (tertiary/aromatic N) is 2. The van der Waals surface area contributed by atoms with Gasteiger partial charge in [-0.25, -0.2) is 9.79 Å². The lowest BCUT2D eigenvalue weighted by Crippen LogP contribution is -2.34. The Bertz CT molecular complexity index is 866. The Labute approximate surface area is 177 Å². The summed E-state index contributed by atoms with van der Waals surface area (Å²) in [6, 6.07) is 3.44. The second-order valence-electron chi connectivity index (χ2n) is 6.01. The third-order valence-corrected chi connectivity index (χ3v) is 5.73. The molecule has 0 saturated heterocycles. The van der Waals surface area contributed by atoms with Crippen LogP contribution in [0.1, 0.15) is 39.3 Å². The zero-order chi connectivity index (χ0) is 20.3. The van der Waals surface area contributed by atoms with Gasteiger partial charge in [0.15, 0.2) is 16.7 Å². The molecular formula is C20H23BrN2O4S. The number of amidine groups is 1. The van der Waals surface area contributed by atoms with E-state index in [9.17, 15) is 4.79 Å². The summed E-state index contributed by atoms with van der Waals surface area (Å²) in [5.74, 6) is 0.939. The standard InChI is InChI=1S/C20H23BrN2O4S/c1-5-25-15-10-13(14(21)11-16(15)26-6-2)18-17(19(24)27-7-3)12(4)22-20-23(18)8-9-28-20/h8-11,18H,5-7H2,1-4H3/t18-/m0/s1. The number of thioether (sulfide) groups is 1. The van der Waals surface area contributed by atoms with E-state index in [0.29, 0.717) is 42.6 Å². The van der Waals surface area contributed by atoms with Crippen molar-refractivity contribution in [3.63, 3.8) is 0 Å². The Morgan fingerprint density at radius 3 is 2.50 bits per heavy atom. The number of fused-ring (bicyclic) bond motifs is 1. The molecule has 1 atom stereocenters. The molecule has 6 nitrogen and oxygen atoms in total. The Balaban J connectivity index is 2.15. The van der Waals surface area contributed by atoms with Crippen LogP contribution in [0, 0.1) is 0 Å². The molecule has 0 aromatic heterocycles. The summed E-state index contributed by atoms with van der Waals surface area (Å²) >= 11 is 5.19. The third-order valence-electron chi connectivity index (χ3n) is 4.27. The van der Waals surface area contributed by atoms with Crippen LogP contribution in [0.25, 0.3) is 0 Å². The maximum Gasteiger partial charge on any atom is 0.338 e. The van der Waals surface area contributed by atoms with Gasteiger partial charge >= 0.3 is 5.97 Å². The van der Waals surface area contributed by atoms with Crippen LogP contribution >= 0.6 is 27.7 Å². The van der Waals surface area contributed by atoms with E-state index in [2.05, 4.69) is 20.9 Å². The van der Waals surface area contributed by atoms with E-state index in [0.717, 1.165) is 15.2 Å². The molecule has 2 aliphatic rings. The smallest absolute Gasteiger partial charge is 0.338 e. The first-order chi connectivity index (χ1) is 13.5. The van der Waals surface area contributed by atoms with Crippen molar-refractivity contribution in [2.75, 3.05) is 19.8 Å². The Morgan fingerprint density at radius 1 is 1.18 bits per heavy atom. The highest BCUT2D eigenvalue weighted by atomic mass is 79.9. The summed E-state index contributed by atoms with van der Waals surface area (Å²) in [6.07, 6.45) is 1.93. The number of benzene rings is 1. The van der Waals surface area contributed by atoms with Gasteiger partial charge in [-0.2, -0.15) is 0 Å². The molecule has 1 aromatic rings. The molecule has 3 rings (SSSR count). The van der Waals surface area contributed by atoms with E-state index in [-0.39, 0.29) is 12.0 Å². The van der Waals surface area contributed by atoms with Gasteiger partial charge in [-0.15, -0.1) is 0 Å². The van der Waals surface area contributed by atoms with Crippen molar-refractivity contribution in [1.29, 1.82) is 0 Å². The van der Waals surface area contributed by atoms with Crippen LogP contribution < -0.4 is 9.47 Å². The van der Waals surface area contributed by atoms with Gasteiger partial charge < -0.3 is 19.1 Å². The van der Waals surface area contributed by atoms with Crippen LogP contribution in [0.2, 0.25) is 0 Å². The number of ether oxygens (including phenoxy) is 3. The molecule has 2 heterocycles. The number of carbonyl (C=O) groups is 1. The summed E-state index contributed by atoms with van der Waals surface area (Å²) in [4.78, 5) is 19.4. The molecule has 8 heteroatoms. The Hall–Kier alpha value is -1.93. The monoisotopic (exact) mass is 466 g/mol. The minimum absolute atomic E-state index is 0.304. The minimum atomic E-state index is -0.373. The normalized spacial score (nSPS) is 18.1. The zero-order valence-electron chi connectivity index (χ0n) is 16.3. The highest BCUT2D eigenvalue weighted by Gasteiger charge is 2.38. The quantitative estimate of drug-likeness (QED) is 0.526. The van der Waals surface area contributed by atoms with Crippen molar-refractivity contribution in [3.05, 3.63) is 45.0 Å². The largest absolute Gasteiger partial charge is 0.490 e. The van der Waals surface area contributed by atoms with E-state index in [1.807, 2.05) is 49.4 Å². The molecule has 0 radical (unpaired) electrons. The van der Waals surface area contributed by atoms with Crippen molar-refractivity contribution < 1.29 is 19.0 Å². The van der Waals surface area contributed by atoms with Gasteiger partial charge in [0.25, 0.3) is 0 Å². The SMILES string of the molecule is CCOC(=O)C1=C(C)N=C2SC=CN2[C@H]1c1cc(OCC)c(OCC)cc1Br. The van der Waals surface area contributed by atoms with Gasteiger partial charge in [0.05, 0.1) is 37.1 Å². The van der Waals surface area contributed by atoms with Gasteiger partial charge in [-0.3, -0.25) is 0 Å². The summed E-state index contributed by atoms with van der Waals surface area (Å²) in [7, 11) is 0. The molecule has 0 spiro atoms. The number of halogens is 1. The van der Waals surface area contributed by atoms with Gasteiger partial charge in [0.1, 0.15) is 0 Å². The van der Waals surface area contributed by atoms with Crippen LogP contribution in [-0.4, -0.2) is 35.9 Å². The Kier molecular flexibility index (Phi) is 6.72. The maximum absolute atomic E-state index is 12.8. The fourth-order valence-corrected chi connectivity index (χ4v) is 4.50. The van der Waals surface area contributed by atoms with Gasteiger partial charge in [-0.05, 0) is 50.8 Å². The number of aliphatic imine (C=N–C) groups is 1. The molecule has 150 valence electrons. The molecule has 0 unspecified atom stereocenters. The number of hydrogen-bond acceptors (Lipinski definition) is 7. The van der Waals surface area contributed by atoms with Crippen molar-refractivity contribution >= 4 is 38.8 Å². The lowest BCUT2D eigenvalue weighted by Gasteiger charge is -2.34. The second-order valence-corrected chi connectivity index (χ2v) is 7.74. The molecule has 1 aromatic carbocycles. The number of carbonyl (C=O) groups excluding carboxylic acids is 1. The highest BCUT2D eigenvalue weighted by molar-refractivity contribution is 9.10. The zero-order valence-corrected chi connectivity index (χ0v) is 18.7. The molecular weight excluding hydrogens is 444 g/mol. The average Bonchev–Trinajstić information content (AvgIpc) is 3.11. The molecule has 0 amide bonds. The molecule has 0 fully saturated rings. The fraction of sp³-hybridized carbons (Fsp3) is 0.400. The summed E-state index contributed by atoms with van der Waals surface area (Å²) in [5, 5.41) is 2.79. The molecule has 0 saturated carbocycles. The van der Waals surface area contributed by atoms with Crippen molar-refractivity contribution in [1.82, 2.24) is 4.90 Å². The molecule has 28 heavy (non-hydrogen) atoms. The van der Waals surface area contributed by atoms with E-state index in [1.165, 1.54) is 11.8 Å². The number of rotatable bonds is 7. The summed E-state index contributed by atoms with van der Waals surface area (Å²) < 4.78 is 17.7. The molecule has 0 bridgehead atoms. The topological polar surface area (TPSA) is 60.4 Å². The van der Waals surface area contributed by atoms with Gasteiger partial charge in [-0.1, -0.05) is 27.7 Å². The summed E-state index contributed by atoms with van der Waals surface area (Å²) in [6.45, 7) is 8.84. The van der Waals surface area contributed by atoms with Crippen LogP contribution in [-0.2, 0) is 9.53 Å². The van der Waals surface area contributed by atoms with E-state index >= 15 is 0 Å². The fourth-order valence-electron chi connectivity index (χ4n) is 3.17. The molecule has 2 aliphatic heterocycles. The molecule has 0 aliphatic carbocycles. The van der Waals surface area contributed by atoms with Crippen molar-refractivity contribution in [2.45, 2.75) is 33.7 Å². The first-order valence-electron chi connectivity index (χ1n) is 9.19. The number of esters is 1. The van der Waals surface area contributed by atoms with Crippen LogP contribution in [0.15, 0.2) is 44.5 Å². The Morgan fingerprint density at radius 2 is 1.86 bits per heavy atom. The number of hydrogen-bond donors (Lipinski definition) is 0. The van der Waals surface area contributed by atoms with Crippen molar-refractivity contribution in [2.24, 2.45) is 4.99 Å². The van der Waals surface area contributed by atoms with E-state index in [1.54, 1.807) is 6.92 Å². The second kappa shape index (κ2) is 9.05. The minimum Gasteiger partial charge on any atom is -0.490 e. The van der Waals surface area contributed by atoms with Crippen LogP contribution in [0.3, 0.4) is 0 Å². The first-order valence-corrected chi connectivity index (χ1v) is 10.9. The summed E-state index contributed by atoms with van der Waals surface area (Å²) in [5.41, 5.74) is 2.06. The van der Waals surface area contributed by atoms with E-state index in [4.69, 9.17) is 14.2 Å². The molecule has 0 N–H and O–H groups in total. The van der Waals surface area contributed by atoms with E-state index < -0.39 is 0 Å².